The fraction of sp³-hybridized carbons (Fsp3) is 0.462. The van der Waals surface area contributed by atoms with Crippen LogP contribution in [0.5, 0.6) is 0 Å². The van der Waals surface area contributed by atoms with E-state index in [4.69, 9.17) is 5.84 Å². The molecule has 1 unspecified atom stereocenters. The highest BCUT2D eigenvalue weighted by Gasteiger charge is 2.13. The molecular formula is C13H20N4S. The first-order chi connectivity index (χ1) is 8.72. The molecule has 5 heteroatoms. The van der Waals surface area contributed by atoms with Gasteiger partial charge in [-0.25, -0.2) is 0 Å². The third kappa shape index (κ3) is 3.19. The highest BCUT2D eigenvalue weighted by atomic mass is 32.1. The van der Waals surface area contributed by atoms with E-state index in [1.54, 1.807) is 11.3 Å². The van der Waals surface area contributed by atoms with Gasteiger partial charge < -0.3 is 0 Å². The zero-order valence-electron chi connectivity index (χ0n) is 10.9. The lowest BCUT2D eigenvalue weighted by Crippen LogP contribution is -2.38. The summed E-state index contributed by atoms with van der Waals surface area (Å²) < 4.78 is 1.96. The molecule has 2 rings (SSSR count). The van der Waals surface area contributed by atoms with Gasteiger partial charge in [0.05, 0.1) is 5.69 Å². The molecular weight excluding hydrogens is 244 g/mol. The smallest absolute Gasteiger partial charge is 0.0624 e. The van der Waals surface area contributed by atoms with E-state index in [0.29, 0.717) is 0 Å². The summed E-state index contributed by atoms with van der Waals surface area (Å²) in [7, 11) is 1.99. The average molecular weight is 264 g/mol. The molecule has 0 spiro atoms. The summed E-state index contributed by atoms with van der Waals surface area (Å²) in [6, 6.07) is 6.64. The van der Waals surface area contributed by atoms with E-state index >= 15 is 0 Å². The van der Waals surface area contributed by atoms with E-state index in [1.807, 2.05) is 11.7 Å². The molecule has 4 nitrogen and oxygen atoms in total. The van der Waals surface area contributed by atoms with Crippen molar-refractivity contribution in [3.8, 4) is 0 Å². The largest absolute Gasteiger partial charge is 0.272 e. The van der Waals surface area contributed by atoms with Gasteiger partial charge in [-0.15, -0.1) is 11.3 Å². The first kappa shape index (κ1) is 13.3. The number of hydrazine groups is 1. The molecule has 2 heterocycles. The molecule has 98 valence electrons. The van der Waals surface area contributed by atoms with Crippen LogP contribution in [0.4, 0.5) is 0 Å². The maximum absolute atomic E-state index is 5.65. The van der Waals surface area contributed by atoms with Crippen LogP contribution in [-0.2, 0) is 26.3 Å². The van der Waals surface area contributed by atoms with Crippen molar-refractivity contribution in [3.05, 3.63) is 39.8 Å². The minimum absolute atomic E-state index is 0.253. The Labute approximate surface area is 112 Å². The second-order valence-electron chi connectivity index (χ2n) is 4.46. The minimum atomic E-state index is 0.253. The zero-order valence-corrected chi connectivity index (χ0v) is 11.7. The van der Waals surface area contributed by atoms with Gasteiger partial charge in [0, 0.05) is 30.1 Å². The number of nitrogens with one attached hydrogen (secondary N) is 1. The van der Waals surface area contributed by atoms with Crippen LogP contribution in [0.25, 0.3) is 0 Å². The predicted octanol–water partition coefficient (Wildman–Crippen LogP) is 1.66. The van der Waals surface area contributed by atoms with Crippen molar-refractivity contribution in [2.24, 2.45) is 12.9 Å². The van der Waals surface area contributed by atoms with Crippen molar-refractivity contribution in [1.29, 1.82) is 0 Å². The van der Waals surface area contributed by atoms with E-state index < -0.39 is 0 Å². The Morgan fingerprint density at radius 1 is 1.50 bits per heavy atom. The number of hydrogen-bond donors (Lipinski definition) is 2. The molecule has 0 fully saturated rings. The molecule has 0 amide bonds. The maximum atomic E-state index is 5.65. The fourth-order valence-corrected chi connectivity index (χ4v) is 2.84. The number of aromatic nitrogens is 2. The summed E-state index contributed by atoms with van der Waals surface area (Å²) in [5.74, 6) is 5.65. The topological polar surface area (TPSA) is 55.9 Å². The quantitative estimate of drug-likeness (QED) is 0.616. The van der Waals surface area contributed by atoms with Crippen molar-refractivity contribution in [1.82, 2.24) is 15.2 Å². The normalized spacial score (nSPS) is 12.8. The van der Waals surface area contributed by atoms with E-state index in [0.717, 1.165) is 25.0 Å². The minimum Gasteiger partial charge on any atom is -0.272 e. The van der Waals surface area contributed by atoms with Gasteiger partial charge in [-0.05, 0) is 30.4 Å². The summed E-state index contributed by atoms with van der Waals surface area (Å²) in [5.41, 5.74) is 5.28. The number of nitrogens with zero attached hydrogens (tertiary/aromatic N) is 2. The van der Waals surface area contributed by atoms with E-state index in [2.05, 4.69) is 41.0 Å². The van der Waals surface area contributed by atoms with E-state index in [1.165, 1.54) is 10.6 Å². The van der Waals surface area contributed by atoms with Gasteiger partial charge in [0.15, 0.2) is 0 Å². The predicted molar refractivity (Wildman–Crippen MR) is 75.4 cm³/mol. The van der Waals surface area contributed by atoms with Crippen LogP contribution >= 0.6 is 11.3 Å². The molecule has 2 aromatic rings. The van der Waals surface area contributed by atoms with Gasteiger partial charge in [-0.3, -0.25) is 16.0 Å². The van der Waals surface area contributed by atoms with Crippen molar-refractivity contribution >= 4 is 11.3 Å². The van der Waals surface area contributed by atoms with Crippen molar-refractivity contribution < 1.29 is 0 Å². The average Bonchev–Trinajstić information content (AvgIpc) is 2.99. The molecule has 0 saturated carbocycles. The first-order valence-electron chi connectivity index (χ1n) is 6.23. The summed E-state index contributed by atoms with van der Waals surface area (Å²) in [5, 5.41) is 6.56. The fourth-order valence-electron chi connectivity index (χ4n) is 2.05. The number of thiophene rings is 1. The summed E-state index contributed by atoms with van der Waals surface area (Å²) in [6.07, 6.45) is 2.83. The highest BCUT2D eigenvalue weighted by molar-refractivity contribution is 7.09. The lowest BCUT2D eigenvalue weighted by molar-refractivity contribution is 0.508. The highest BCUT2D eigenvalue weighted by Crippen LogP contribution is 2.14. The van der Waals surface area contributed by atoms with Crippen molar-refractivity contribution in [3.63, 3.8) is 0 Å². The van der Waals surface area contributed by atoms with Crippen LogP contribution in [0.2, 0.25) is 0 Å². The Hall–Kier alpha value is -1.17. The molecule has 3 N–H and O–H groups in total. The Kier molecular flexibility index (Phi) is 4.52. The number of aryl methyl sites for hydroxylation is 2. The summed E-state index contributed by atoms with van der Waals surface area (Å²) >= 11 is 1.77. The van der Waals surface area contributed by atoms with Crippen LogP contribution < -0.4 is 11.3 Å². The van der Waals surface area contributed by atoms with Gasteiger partial charge >= 0.3 is 0 Å². The number of nitrogens with two attached hydrogens (primary N) is 1. The monoisotopic (exact) mass is 264 g/mol. The molecule has 1 atom stereocenters. The number of hydrogen-bond acceptors (Lipinski definition) is 4. The molecule has 2 aromatic heterocycles. The van der Waals surface area contributed by atoms with Crippen LogP contribution in [-0.4, -0.2) is 15.8 Å². The molecule has 0 aliphatic rings. The lowest BCUT2D eigenvalue weighted by atomic mass is 10.1. The second-order valence-corrected chi connectivity index (χ2v) is 5.49. The standard InChI is InChI=1S/C13H20N4S/c1-3-10-7-12(17(2)16-10)8-11(15-14)9-13-5-4-6-18-13/h4-7,11,15H,3,8-9,14H2,1-2H3. The van der Waals surface area contributed by atoms with Gasteiger partial charge in [0.2, 0.25) is 0 Å². The third-order valence-corrected chi connectivity index (χ3v) is 4.01. The zero-order chi connectivity index (χ0) is 13.0. The van der Waals surface area contributed by atoms with Gasteiger partial charge in [0.25, 0.3) is 0 Å². The first-order valence-corrected chi connectivity index (χ1v) is 7.11. The van der Waals surface area contributed by atoms with Crippen LogP contribution in [0, 0.1) is 0 Å². The van der Waals surface area contributed by atoms with Crippen molar-refractivity contribution in [2.45, 2.75) is 32.2 Å². The van der Waals surface area contributed by atoms with Crippen LogP contribution in [0.1, 0.15) is 23.2 Å². The SMILES string of the molecule is CCc1cc(CC(Cc2cccs2)NN)n(C)n1. The molecule has 18 heavy (non-hydrogen) atoms. The maximum Gasteiger partial charge on any atom is 0.0624 e. The Balaban J connectivity index is 2.03. The van der Waals surface area contributed by atoms with E-state index in [-0.39, 0.29) is 6.04 Å². The van der Waals surface area contributed by atoms with Crippen molar-refractivity contribution in [2.75, 3.05) is 0 Å². The van der Waals surface area contributed by atoms with Gasteiger partial charge in [-0.1, -0.05) is 13.0 Å². The molecule has 0 saturated heterocycles. The molecule has 0 aliphatic carbocycles. The Morgan fingerprint density at radius 3 is 2.89 bits per heavy atom. The summed E-state index contributed by atoms with van der Waals surface area (Å²) in [4.78, 5) is 1.36. The van der Waals surface area contributed by atoms with Crippen LogP contribution in [0.3, 0.4) is 0 Å². The third-order valence-electron chi connectivity index (χ3n) is 3.11. The molecule has 0 radical (unpaired) electrons. The molecule has 0 aliphatic heterocycles. The number of rotatable bonds is 6. The Bertz CT molecular complexity index is 475. The van der Waals surface area contributed by atoms with Crippen LogP contribution in [0.15, 0.2) is 23.6 Å². The summed E-state index contributed by atoms with van der Waals surface area (Å²) in [6.45, 7) is 2.12. The van der Waals surface area contributed by atoms with E-state index in [9.17, 15) is 0 Å². The second kappa shape index (κ2) is 6.13. The lowest BCUT2D eigenvalue weighted by Gasteiger charge is -2.14. The van der Waals surface area contributed by atoms with Gasteiger partial charge in [-0.2, -0.15) is 5.10 Å². The van der Waals surface area contributed by atoms with Gasteiger partial charge in [0.1, 0.15) is 0 Å². The molecule has 0 bridgehead atoms. The Morgan fingerprint density at radius 2 is 2.33 bits per heavy atom. The molecule has 0 aromatic carbocycles.